The molecular formula is C27H26N4O5S2. The molecule has 0 radical (unpaired) electrons. The molecule has 0 spiro atoms. The third-order valence-electron chi connectivity index (χ3n) is 5.20. The predicted molar refractivity (Wildman–Crippen MR) is 147 cm³/mol. The molecule has 2 heterocycles. The number of nitrogens with zero attached hydrogens (tertiary/aromatic N) is 2. The second kappa shape index (κ2) is 12.9. The zero-order valence-electron chi connectivity index (χ0n) is 20.9. The molecule has 4 rings (SSSR count). The van der Waals surface area contributed by atoms with E-state index < -0.39 is 12.2 Å². The first-order valence-electron chi connectivity index (χ1n) is 12.0. The summed E-state index contributed by atoms with van der Waals surface area (Å²) in [7, 11) is 0. The Bertz CT molecular complexity index is 1300. The van der Waals surface area contributed by atoms with E-state index in [1.54, 1.807) is 13.8 Å². The van der Waals surface area contributed by atoms with Crippen molar-refractivity contribution < 1.29 is 23.9 Å². The van der Waals surface area contributed by atoms with Gasteiger partial charge in [0.1, 0.15) is 9.75 Å². The summed E-state index contributed by atoms with van der Waals surface area (Å²) < 4.78 is 9.95. The van der Waals surface area contributed by atoms with Crippen LogP contribution in [-0.4, -0.2) is 41.2 Å². The Balaban J connectivity index is 1.72. The Morgan fingerprint density at radius 1 is 0.684 bits per heavy atom. The van der Waals surface area contributed by atoms with E-state index >= 15 is 0 Å². The summed E-state index contributed by atoms with van der Waals surface area (Å²) >= 11 is 2.15. The molecule has 196 valence electrons. The number of hydrogen-bond donors (Lipinski definition) is 2. The minimum Gasteiger partial charge on any atom is -0.450 e. The smallest absolute Gasteiger partial charge is 0.413 e. The highest BCUT2D eigenvalue weighted by Crippen LogP contribution is 2.33. The Kier molecular flexibility index (Phi) is 9.17. The van der Waals surface area contributed by atoms with E-state index in [1.807, 2.05) is 60.7 Å². The van der Waals surface area contributed by atoms with Crippen LogP contribution in [0.25, 0.3) is 0 Å². The summed E-state index contributed by atoms with van der Waals surface area (Å²) in [5.41, 5.74) is 2.98. The molecule has 0 aliphatic carbocycles. The van der Waals surface area contributed by atoms with Crippen LogP contribution < -0.4 is 10.6 Å². The average Bonchev–Trinajstić information content (AvgIpc) is 3.48. The van der Waals surface area contributed by atoms with E-state index in [4.69, 9.17) is 9.47 Å². The molecule has 2 amide bonds. The summed E-state index contributed by atoms with van der Waals surface area (Å²) in [6, 6.07) is 19.3. The van der Waals surface area contributed by atoms with E-state index in [0.29, 0.717) is 34.0 Å². The fourth-order valence-corrected chi connectivity index (χ4v) is 5.49. The lowest BCUT2D eigenvalue weighted by Crippen LogP contribution is -2.13. The van der Waals surface area contributed by atoms with Gasteiger partial charge in [-0.25, -0.2) is 19.6 Å². The lowest BCUT2D eigenvalue weighted by molar-refractivity contribution is 0.104. The van der Waals surface area contributed by atoms with Crippen molar-refractivity contribution in [2.24, 2.45) is 0 Å². The maximum atomic E-state index is 14.0. The summed E-state index contributed by atoms with van der Waals surface area (Å²) in [6.45, 7) is 3.83. The van der Waals surface area contributed by atoms with Crippen LogP contribution in [0.15, 0.2) is 60.7 Å². The number of nitrogens with one attached hydrogen (secondary N) is 2. The number of ether oxygens (including phenoxy) is 2. The van der Waals surface area contributed by atoms with Gasteiger partial charge in [-0.1, -0.05) is 83.3 Å². The molecular weight excluding hydrogens is 524 g/mol. The first kappa shape index (κ1) is 27.0. The van der Waals surface area contributed by atoms with E-state index in [1.165, 1.54) is 0 Å². The van der Waals surface area contributed by atoms with Crippen molar-refractivity contribution in [1.82, 2.24) is 9.97 Å². The van der Waals surface area contributed by atoms with E-state index in [2.05, 4.69) is 20.6 Å². The summed E-state index contributed by atoms with van der Waals surface area (Å²) in [5, 5.41) is 5.73. The van der Waals surface area contributed by atoms with E-state index in [9.17, 15) is 14.4 Å². The van der Waals surface area contributed by atoms with Gasteiger partial charge < -0.3 is 9.47 Å². The van der Waals surface area contributed by atoms with Crippen LogP contribution in [0.4, 0.5) is 19.9 Å². The van der Waals surface area contributed by atoms with Crippen LogP contribution in [0, 0.1) is 0 Å². The van der Waals surface area contributed by atoms with Gasteiger partial charge in [0.05, 0.1) is 24.6 Å². The van der Waals surface area contributed by atoms with Gasteiger partial charge in [-0.2, -0.15) is 0 Å². The van der Waals surface area contributed by atoms with Crippen molar-refractivity contribution in [3.05, 3.63) is 92.9 Å². The van der Waals surface area contributed by atoms with Crippen LogP contribution in [0.2, 0.25) is 0 Å². The van der Waals surface area contributed by atoms with Gasteiger partial charge >= 0.3 is 12.2 Å². The zero-order valence-corrected chi connectivity index (χ0v) is 22.5. The number of carbonyl (C=O) groups excluding carboxylic acids is 3. The first-order chi connectivity index (χ1) is 18.5. The minimum atomic E-state index is -0.644. The van der Waals surface area contributed by atoms with Gasteiger partial charge in [0, 0.05) is 12.8 Å². The highest BCUT2D eigenvalue weighted by molar-refractivity contribution is 7.21. The summed E-state index contributed by atoms with van der Waals surface area (Å²) in [4.78, 5) is 47.9. The number of thiazole rings is 2. The topological polar surface area (TPSA) is 120 Å². The monoisotopic (exact) mass is 550 g/mol. The standard InChI is InChI=1S/C27H26N4O5S2/c1-3-35-26(33)30-24-28-19(15-17-11-7-5-8-12-17)22(37-24)21(32)23-20(16-18-13-9-6-10-14-18)29-25(38-23)31-27(34)36-4-2/h5-14H,3-4,15-16H2,1-2H3,(H,28,30,33)(H,29,31,34). The predicted octanol–water partition coefficient (Wildman–Crippen LogP) is 6.15. The van der Waals surface area contributed by atoms with Crippen LogP contribution >= 0.6 is 22.7 Å². The van der Waals surface area contributed by atoms with Gasteiger partial charge in [0.15, 0.2) is 10.3 Å². The third kappa shape index (κ3) is 7.02. The molecule has 0 aliphatic rings. The lowest BCUT2D eigenvalue weighted by Gasteiger charge is -2.04. The van der Waals surface area contributed by atoms with E-state index in [0.717, 1.165) is 33.8 Å². The fraction of sp³-hybridized carbons (Fsp3) is 0.222. The van der Waals surface area contributed by atoms with E-state index in [-0.39, 0.29) is 29.3 Å². The number of benzene rings is 2. The number of ketones is 1. The second-order valence-electron chi connectivity index (χ2n) is 7.93. The van der Waals surface area contributed by atoms with Gasteiger partial charge in [-0.05, 0) is 25.0 Å². The maximum absolute atomic E-state index is 14.0. The number of aromatic nitrogens is 2. The van der Waals surface area contributed by atoms with Crippen molar-refractivity contribution in [2.75, 3.05) is 23.8 Å². The van der Waals surface area contributed by atoms with Crippen molar-refractivity contribution >= 4 is 50.9 Å². The normalized spacial score (nSPS) is 10.6. The Labute approximate surface area is 227 Å². The van der Waals surface area contributed by atoms with Crippen LogP contribution in [-0.2, 0) is 22.3 Å². The third-order valence-corrected chi connectivity index (χ3v) is 7.23. The highest BCUT2D eigenvalue weighted by Gasteiger charge is 2.26. The van der Waals surface area contributed by atoms with Crippen molar-refractivity contribution in [1.29, 1.82) is 0 Å². The molecule has 2 aromatic heterocycles. The van der Waals surface area contributed by atoms with Gasteiger partial charge in [-0.3, -0.25) is 15.4 Å². The van der Waals surface area contributed by atoms with Crippen LogP contribution in [0.1, 0.15) is 50.9 Å². The SMILES string of the molecule is CCOC(=O)Nc1nc(Cc2ccccc2)c(C(=O)c2sc(NC(=O)OCC)nc2Cc2ccccc2)s1. The molecule has 2 aromatic carbocycles. The zero-order chi connectivity index (χ0) is 26.9. The van der Waals surface area contributed by atoms with Crippen LogP contribution in [0.3, 0.4) is 0 Å². The molecule has 0 saturated heterocycles. The largest absolute Gasteiger partial charge is 0.450 e. The molecule has 0 bridgehead atoms. The van der Waals surface area contributed by atoms with Crippen molar-refractivity contribution in [3.8, 4) is 0 Å². The quantitative estimate of drug-likeness (QED) is 0.227. The summed E-state index contributed by atoms with van der Waals surface area (Å²) in [6.07, 6.45) is -0.502. The van der Waals surface area contributed by atoms with Gasteiger partial charge in [-0.15, -0.1) is 0 Å². The maximum Gasteiger partial charge on any atom is 0.413 e. The molecule has 4 aromatic rings. The number of rotatable bonds is 10. The molecule has 0 fully saturated rings. The first-order valence-corrected chi connectivity index (χ1v) is 13.6. The second-order valence-corrected chi connectivity index (χ2v) is 9.93. The molecule has 2 N–H and O–H groups in total. The van der Waals surface area contributed by atoms with Crippen LogP contribution in [0.5, 0.6) is 0 Å². The Morgan fingerprint density at radius 3 is 1.45 bits per heavy atom. The minimum absolute atomic E-state index is 0.208. The highest BCUT2D eigenvalue weighted by atomic mass is 32.1. The molecule has 0 saturated carbocycles. The molecule has 0 aliphatic heterocycles. The lowest BCUT2D eigenvalue weighted by atomic mass is 10.1. The molecule has 9 nitrogen and oxygen atoms in total. The number of carbonyl (C=O) groups is 3. The van der Waals surface area contributed by atoms with Crippen molar-refractivity contribution in [2.45, 2.75) is 26.7 Å². The summed E-state index contributed by atoms with van der Waals surface area (Å²) in [5.74, 6) is -0.286. The number of hydrogen-bond acceptors (Lipinski definition) is 9. The molecule has 0 unspecified atom stereocenters. The van der Waals surface area contributed by atoms with Gasteiger partial charge in [0.25, 0.3) is 0 Å². The fourth-order valence-electron chi connectivity index (χ4n) is 3.60. The van der Waals surface area contributed by atoms with Crippen molar-refractivity contribution in [3.63, 3.8) is 0 Å². The number of anilines is 2. The van der Waals surface area contributed by atoms with Gasteiger partial charge in [0.2, 0.25) is 5.78 Å². The molecule has 11 heteroatoms. The molecule has 0 atom stereocenters. The Hall–Kier alpha value is -4.09. The molecule has 38 heavy (non-hydrogen) atoms. The average molecular weight is 551 g/mol. The number of amides is 2. The Morgan fingerprint density at radius 2 is 1.08 bits per heavy atom.